The maximum absolute atomic E-state index is 5.46. The van der Waals surface area contributed by atoms with Crippen LogP contribution in [0.4, 0.5) is 17.3 Å². The molecule has 16 heavy (non-hydrogen) atoms. The van der Waals surface area contributed by atoms with E-state index in [1.165, 1.54) is 0 Å². The van der Waals surface area contributed by atoms with Gasteiger partial charge in [0.15, 0.2) is 5.82 Å². The number of nitrogens with one attached hydrogen (secondary N) is 1. The van der Waals surface area contributed by atoms with Gasteiger partial charge in [-0.05, 0) is 46.3 Å². The van der Waals surface area contributed by atoms with Gasteiger partial charge in [0.25, 0.3) is 0 Å². The predicted molar refractivity (Wildman–Crippen MR) is 71.6 cm³/mol. The Balaban J connectivity index is 2.26. The first-order chi connectivity index (χ1) is 7.65. The van der Waals surface area contributed by atoms with Gasteiger partial charge in [0, 0.05) is 8.95 Å². The predicted octanol–water partition coefficient (Wildman–Crippen LogP) is 3.33. The van der Waals surface area contributed by atoms with Crippen LogP contribution in [-0.4, -0.2) is 10.2 Å². The number of nitrogens with zero attached hydrogens (tertiary/aromatic N) is 2. The quantitative estimate of drug-likeness (QED) is 0.877. The molecule has 0 bridgehead atoms. The fourth-order valence-electron chi connectivity index (χ4n) is 1.14. The normalized spacial score (nSPS) is 10.1. The smallest absolute Gasteiger partial charge is 0.153 e. The number of nitrogens with two attached hydrogens (primary N) is 1. The lowest BCUT2D eigenvalue weighted by Gasteiger charge is -2.07. The second-order valence-corrected chi connectivity index (χ2v) is 4.86. The second-order valence-electron chi connectivity index (χ2n) is 3.09. The van der Waals surface area contributed by atoms with E-state index >= 15 is 0 Å². The minimum absolute atomic E-state index is 0.402. The number of nitrogen functional groups attached to an aromatic ring is 1. The summed E-state index contributed by atoms with van der Waals surface area (Å²) >= 11 is 6.85. The number of rotatable bonds is 2. The summed E-state index contributed by atoms with van der Waals surface area (Å²) < 4.78 is 1.94. The Morgan fingerprint density at radius 1 is 1.06 bits per heavy atom. The summed E-state index contributed by atoms with van der Waals surface area (Å²) in [5.41, 5.74) is 6.37. The fraction of sp³-hybridized carbons (Fsp3) is 0. The zero-order valence-corrected chi connectivity index (χ0v) is 11.3. The van der Waals surface area contributed by atoms with Gasteiger partial charge in [-0.15, -0.1) is 10.2 Å². The number of hydrogen-bond donors (Lipinski definition) is 2. The molecule has 6 heteroatoms. The lowest BCUT2D eigenvalue weighted by atomic mass is 10.3. The Kier molecular flexibility index (Phi) is 3.40. The first kappa shape index (κ1) is 11.3. The Morgan fingerprint density at radius 3 is 2.56 bits per heavy atom. The van der Waals surface area contributed by atoms with Crippen LogP contribution in [0.2, 0.25) is 0 Å². The van der Waals surface area contributed by atoms with E-state index in [0.717, 1.165) is 14.6 Å². The molecule has 0 radical (unpaired) electrons. The van der Waals surface area contributed by atoms with Crippen molar-refractivity contribution < 1.29 is 0 Å². The van der Waals surface area contributed by atoms with Crippen LogP contribution in [-0.2, 0) is 0 Å². The first-order valence-electron chi connectivity index (χ1n) is 4.46. The van der Waals surface area contributed by atoms with Gasteiger partial charge in [0.1, 0.15) is 5.82 Å². The molecular formula is C10H8Br2N4. The Bertz CT molecular complexity index is 499. The minimum Gasteiger partial charge on any atom is -0.382 e. The van der Waals surface area contributed by atoms with Crippen LogP contribution >= 0.6 is 31.9 Å². The van der Waals surface area contributed by atoms with Crippen molar-refractivity contribution >= 4 is 49.2 Å². The zero-order chi connectivity index (χ0) is 11.5. The first-order valence-corrected chi connectivity index (χ1v) is 6.05. The maximum Gasteiger partial charge on any atom is 0.153 e. The van der Waals surface area contributed by atoms with Crippen LogP contribution in [0.3, 0.4) is 0 Å². The van der Waals surface area contributed by atoms with Crippen LogP contribution in [0.5, 0.6) is 0 Å². The number of hydrogen-bond acceptors (Lipinski definition) is 4. The third-order valence-corrected chi connectivity index (χ3v) is 3.06. The molecule has 0 saturated heterocycles. The number of halogens is 2. The van der Waals surface area contributed by atoms with Gasteiger partial charge in [-0.2, -0.15) is 0 Å². The summed E-state index contributed by atoms with van der Waals surface area (Å²) in [6.45, 7) is 0. The van der Waals surface area contributed by atoms with Crippen molar-refractivity contribution in [3.8, 4) is 0 Å². The topological polar surface area (TPSA) is 63.8 Å². The summed E-state index contributed by atoms with van der Waals surface area (Å²) in [4.78, 5) is 0. The molecule has 0 unspecified atom stereocenters. The fourth-order valence-corrected chi connectivity index (χ4v) is 1.85. The molecule has 82 valence electrons. The SMILES string of the molecule is Nc1ccc(Nc2cc(Br)ccc2Br)nn1. The lowest BCUT2D eigenvalue weighted by Crippen LogP contribution is -1.98. The number of aromatic nitrogens is 2. The van der Waals surface area contributed by atoms with E-state index < -0.39 is 0 Å². The second kappa shape index (κ2) is 4.80. The van der Waals surface area contributed by atoms with Crippen LogP contribution < -0.4 is 11.1 Å². The van der Waals surface area contributed by atoms with E-state index in [1.54, 1.807) is 12.1 Å². The third-order valence-electron chi connectivity index (χ3n) is 1.88. The standard InChI is InChI=1S/C10H8Br2N4/c11-6-1-2-7(12)8(5-6)14-10-4-3-9(13)15-16-10/h1-5H,(H2,13,15)(H,14,16). The van der Waals surface area contributed by atoms with Gasteiger partial charge >= 0.3 is 0 Å². The van der Waals surface area contributed by atoms with E-state index in [4.69, 9.17) is 5.73 Å². The Labute approximate surface area is 110 Å². The molecule has 0 aliphatic carbocycles. The summed E-state index contributed by atoms with van der Waals surface area (Å²) in [7, 11) is 0. The molecule has 1 aromatic carbocycles. The van der Waals surface area contributed by atoms with Gasteiger partial charge in [0.05, 0.1) is 5.69 Å². The highest BCUT2D eigenvalue weighted by molar-refractivity contribution is 9.11. The molecule has 2 aromatic rings. The van der Waals surface area contributed by atoms with Crippen molar-refractivity contribution in [2.45, 2.75) is 0 Å². The molecule has 0 atom stereocenters. The van der Waals surface area contributed by atoms with Crippen molar-refractivity contribution in [3.05, 3.63) is 39.3 Å². The molecule has 4 nitrogen and oxygen atoms in total. The largest absolute Gasteiger partial charge is 0.382 e. The van der Waals surface area contributed by atoms with Crippen molar-refractivity contribution in [1.82, 2.24) is 10.2 Å². The van der Waals surface area contributed by atoms with Crippen LogP contribution in [0.1, 0.15) is 0 Å². The Morgan fingerprint density at radius 2 is 1.88 bits per heavy atom. The van der Waals surface area contributed by atoms with Gasteiger partial charge in [0.2, 0.25) is 0 Å². The molecule has 0 saturated carbocycles. The van der Waals surface area contributed by atoms with Gasteiger partial charge < -0.3 is 11.1 Å². The van der Waals surface area contributed by atoms with E-state index in [0.29, 0.717) is 11.6 Å². The van der Waals surface area contributed by atoms with Crippen LogP contribution in [0, 0.1) is 0 Å². The van der Waals surface area contributed by atoms with E-state index in [1.807, 2.05) is 18.2 Å². The zero-order valence-electron chi connectivity index (χ0n) is 8.11. The highest BCUT2D eigenvalue weighted by Crippen LogP contribution is 2.28. The Hall–Kier alpha value is -1.14. The average molecular weight is 344 g/mol. The van der Waals surface area contributed by atoms with Crippen molar-refractivity contribution in [2.24, 2.45) is 0 Å². The lowest BCUT2D eigenvalue weighted by molar-refractivity contribution is 1.05. The molecule has 3 N–H and O–H groups in total. The molecule has 1 aromatic heterocycles. The van der Waals surface area contributed by atoms with E-state index in [-0.39, 0.29) is 0 Å². The van der Waals surface area contributed by atoms with Crippen molar-refractivity contribution in [3.63, 3.8) is 0 Å². The average Bonchev–Trinajstić information content (AvgIpc) is 2.27. The van der Waals surface area contributed by atoms with Crippen molar-refractivity contribution in [1.29, 1.82) is 0 Å². The van der Waals surface area contributed by atoms with Crippen LogP contribution in [0.25, 0.3) is 0 Å². The molecule has 0 aliphatic rings. The molecule has 0 aliphatic heterocycles. The summed E-state index contributed by atoms with van der Waals surface area (Å²) in [5.74, 6) is 1.05. The summed E-state index contributed by atoms with van der Waals surface area (Å²) in [6, 6.07) is 9.31. The highest BCUT2D eigenvalue weighted by Gasteiger charge is 2.02. The highest BCUT2D eigenvalue weighted by atomic mass is 79.9. The summed E-state index contributed by atoms with van der Waals surface area (Å²) in [5, 5.41) is 10.8. The van der Waals surface area contributed by atoms with Gasteiger partial charge in [-0.25, -0.2) is 0 Å². The maximum atomic E-state index is 5.46. The minimum atomic E-state index is 0.402. The molecule has 0 amide bonds. The molecule has 0 spiro atoms. The monoisotopic (exact) mass is 342 g/mol. The molecule has 0 fully saturated rings. The van der Waals surface area contributed by atoms with E-state index in [2.05, 4.69) is 47.4 Å². The van der Waals surface area contributed by atoms with Crippen molar-refractivity contribution in [2.75, 3.05) is 11.1 Å². The van der Waals surface area contributed by atoms with Gasteiger partial charge in [-0.3, -0.25) is 0 Å². The number of benzene rings is 1. The third kappa shape index (κ3) is 2.70. The molecule has 1 heterocycles. The summed E-state index contributed by atoms with van der Waals surface area (Å²) in [6.07, 6.45) is 0. The van der Waals surface area contributed by atoms with Crippen LogP contribution in [0.15, 0.2) is 39.3 Å². The van der Waals surface area contributed by atoms with Gasteiger partial charge in [-0.1, -0.05) is 15.9 Å². The van der Waals surface area contributed by atoms with E-state index in [9.17, 15) is 0 Å². The number of anilines is 3. The molecule has 2 rings (SSSR count). The molecular weight excluding hydrogens is 336 g/mol.